The second-order valence-corrected chi connectivity index (χ2v) is 29.4. The Labute approximate surface area is 615 Å². The average molecular weight is 1410 g/mol. The summed E-state index contributed by atoms with van der Waals surface area (Å²) in [5.74, 6) is -0.405. The van der Waals surface area contributed by atoms with Crippen molar-refractivity contribution in [2.75, 3.05) is 52.4 Å². The molecule has 1 aromatic carbocycles. The Morgan fingerprint density at radius 1 is 0.270 bits per heavy atom. The standard InChI is InChI=1S/C86H158N4O10/c1-9-17-21-41-55-77(13-5)97-81(91)59-45-33-25-29-37-49-69-89(70-50-38-30-26-34-46-60-82(92)98-78(14-6)56-42-22-18-10-2)73-53-67-87-85(95)75-63-65-76(66-64-75)86(96)88-68-54-74-90(71-51-39-31-27-35-47-61-83(93)99-79(15-7)57-43-23-19-11-3)72-52-40-32-28-36-48-62-84(94)100-80(16-8)58-44-24-20-12-4/h63-66,77-80H,9-62,67-74H2,1-8H3,(H,87,95)(H,88,96). The van der Waals surface area contributed by atoms with Gasteiger partial charge in [-0.15, -0.1) is 0 Å². The van der Waals surface area contributed by atoms with Crippen LogP contribution in [0.15, 0.2) is 24.3 Å². The zero-order valence-electron chi connectivity index (χ0n) is 66.4. The molecule has 582 valence electrons. The Kier molecular flexibility index (Phi) is 65.2. The normalized spacial score (nSPS) is 12.7. The summed E-state index contributed by atoms with van der Waals surface area (Å²) in [6.45, 7) is 24.4. The number of hydrogen-bond acceptors (Lipinski definition) is 12. The van der Waals surface area contributed by atoms with E-state index in [1.165, 1.54) is 77.0 Å². The smallest absolute Gasteiger partial charge is 0.306 e. The highest BCUT2D eigenvalue weighted by molar-refractivity contribution is 5.97. The van der Waals surface area contributed by atoms with Crippen molar-refractivity contribution in [2.45, 2.75) is 427 Å². The van der Waals surface area contributed by atoms with E-state index < -0.39 is 0 Å². The fourth-order valence-corrected chi connectivity index (χ4v) is 13.5. The number of benzene rings is 1. The van der Waals surface area contributed by atoms with Crippen LogP contribution in [0, 0.1) is 0 Å². The number of unbranched alkanes of at least 4 members (excludes halogenated alkanes) is 32. The predicted octanol–water partition coefficient (Wildman–Crippen LogP) is 22.6. The van der Waals surface area contributed by atoms with Gasteiger partial charge in [-0.25, -0.2) is 0 Å². The van der Waals surface area contributed by atoms with Crippen LogP contribution in [-0.4, -0.2) is 122 Å². The summed E-state index contributed by atoms with van der Waals surface area (Å²) < 4.78 is 23.3. The maximum absolute atomic E-state index is 13.4. The van der Waals surface area contributed by atoms with Crippen LogP contribution in [0.2, 0.25) is 0 Å². The summed E-state index contributed by atoms with van der Waals surface area (Å²) in [5, 5.41) is 6.29. The molecular weight excluding hydrogens is 1250 g/mol. The molecule has 0 radical (unpaired) electrons. The zero-order chi connectivity index (χ0) is 73.0. The summed E-state index contributed by atoms with van der Waals surface area (Å²) in [7, 11) is 0. The van der Waals surface area contributed by atoms with Crippen LogP contribution in [0.4, 0.5) is 0 Å². The monoisotopic (exact) mass is 1410 g/mol. The van der Waals surface area contributed by atoms with Gasteiger partial charge in [0, 0.05) is 49.9 Å². The molecule has 0 aromatic heterocycles. The molecule has 0 saturated heterocycles. The zero-order valence-corrected chi connectivity index (χ0v) is 66.4. The Hall–Kier alpha value is -4.04. The molecule has 0 heterocycles. The Bertz CT molecular complexity index is 1830. The van der Waals surface area contributed by atoms with Gasteiger partial charge in [0.1, 0.15) is 24.4 Å². The molecule has 0 aliphatic carbocycles. The van der Waals surface area contributed by atoms with Crippen molar-refractivity contribution in [3.63, 3.8) is 0 Å². The number of amides is 2. The van der Waals surface area contributed by atoms with Crippen molar-refractivity contribution < 1.29 is 47.7 Å². The molecule has 14 heteroatoms. The second-order valence-electron chi connectivity index (χ2n) is 29.4. The molecule has 1 rings (SSSR count). The lowest BCUT2D eigenvalue weighted by atomic mass is 10.1. The number of hydrogen-bond donors (Lipinski definition) is 2. The van der Waals surface area contributed by atoms with Gasteiger partial charge >= 0.3 is 23.9 Å². The van der Waals surface area contributed by atoms with Crippen LogP contribution < -0.4 is 10.6 Å². The number of nitrogens with zero attached hydrogens (tertiary/aromatic N) is 2. The number of ether oxygens (including phenoxy) is 4. The van der Waals surface area contributed by atoms with Crippen LogP contribution >= 0.6 is 0 Å². The van der Waals surface area contributed by atoms with Gasteiger partial charge in [-0.3, -0.25) is 28.8 Å². The maximum Gasteiger partial charge on any atom is 0.306 e. The molecule has 1 aromatic rings. The van der Waals surface area contributed by atoms with Gasteiger partial charge in [-0.2, -0.15) is 0 Å². The molecule has 2 N–H and O–H groups in total. The molecule has 0 fully saturated rings. The minimum absolute atomic E-state index is 0.0373. The molecule has 2 amide bonds. The molecule has 0 saturated carbocycles. The maximum atomic E-state index is 13.4. The topological polar surface area (TPSA) is 170 Å². The van der Waals surface area contributed by atoms with Crippen LogP contribution in [0.1, 0.15) is 423 Å². The van der Waals surface area contributed by atoms with Crippen molar-refractivity contribution in [1.29, 1.82) is 0 Å². The van der Waals surface area contributed by atoms with Crippen molar-refractivity contribution >= 4 is 35.7 Å². The van der Waals surface area contributed by atoms with Crippen LogP contribution in [0.5, 0.6) is 0 Å². The van der Waals surface area contributed by atoms with Crippen LogP contribution in [0.25, 0.3) is 0 Å². The van der Waals surface area contributed by atoms with Crippen molar-refractivity contribution in [2.24, 2.45) is 0 Å². The molecule has 0 spiro atoms. The molecule has 0 bridgehead atoms. The van der Waals surface area contributed by atoms with Crippen LogP contribution in [0.3, 0.4) is 0 Å². The fourth-order valence-electron chi connectivity index (χ4n) is 13.5. The Balaban J connectivity index is 2.70. The third-order valence-electron chi connectivity index (χ3n) is 20.2. The van der Waals surface area contributed by atoms with E-state index in [2.05, 4.69) is 75.8 Å². The first-order valence-electron chi connectivity index (χ1n) is 42.7. The summed E-state index contributed by atoms with van der Waals surface area (Å²) in [5.41, 5.74) is 1.09. The first kappa shape index (κ1) is 94.0. The van der Waals surface area contributed by atoms with Crippen molar-refractivity contribution in [1.82, 2.24) is 20.4 Å². The number of carbonyl (C=O) groups is 6. The molecule has 100 heavy (non-hydrogen) atoms. The number of carbonyl (C=O) groups excluding carboxylic acids is 6. The Morgan fingerprint density at radius 3 is 0.690 bits per heavy atom. The average Bonchev–Trinajstić information content (AvgIpc) is 0.890. The first-order valence-corrected chi connectivity index (χ1v) is 42.7. The van der Waals surface area contributed by atoms with E-state index in [0.717, 1.165) is 283 Å². The lowest BCUT2D eigenvalue weighted by Gasteiger charge is -2.22. The van der Waals surface area contributed by atoms with E-state index in [1.807, 2.05) is 0 Å². The lowest BCUT2D eigenvalue weighted by Crippen LogP contribution is -2.32. The molecule has 4 unspecified atom stereocenters. The van der Waals surface area contributed by atoms with Gasteiger partial charge in [0.05, 0.1) is 0 Å². The first-order chi connectivity index (χ1) is 48.9. The van der Waals surface area contributed by atoms with Crippen molar-refractivity contribution in [3.8, 4) is 0 Å². The van der Waals surface area contributed by atoms with Gasteiger partial charge in [0.15, 0.2) is 0 Å². The molecule has 0 aliphatic heterocycles. The number of esters is 4. The van der Waals surface area contributed by atoms with Gasteiger partial charge in [0.2, 0.25) is 0 Å². The van der Waals surface area contributed by atoms with E-state index in [9.17, 15) is 28.8 Å². The van der Waals surface area contributed by atoms with E-state index in [-0.39, 0.29) is 60.1 Å². The van der Waals surface area contributed by atoms with E-state index in [0.29, 0.717) is 49.9 Å². The van der Waals surface area contributed by atoms with E-state index >= 15 is 0 Å². The molecular formula is C86H158N4O10. The lowest BCUT2D eigenvalue weighted by molar-refractivity contribution is -0.150. The van der Waals surface area contributed by atoms with E-state index in [1.54, 1.807) is 24.3 Å². The highest BCUT2D eigenvalue weighted by Crippen LogP contribution is 2.20. The van der Waals surface area contributed by atoms with Gasteiger partial charge in [0.25, 0.3) is 11.8 Å². The molecule has 4 atom stereocenters. The highest BCUT2D eigenvalue weighted by Gasteiger charge is 2.18. The van der Waals surface area contributed by atoms with Crippen molar-refractivity contribution in [3.05, 3.63) is 35.4 Å². The van der Waals surface area contributed by atoms with Crippen LogP contribution in [-0.2, 0) is 38.1 Å². The molecule has 14 nitrogen and oxygen atoms in total. The summed E-state index contributed by atoms with van der Waals surface area (Å²) in [6.07, 6.45) is 56.8. The minimum atomic E-state index is -0.128. The quantitative estimate of drug-likeness (QED) is 0.0360. The van der Waals surface area contributed by atoms with Gasteiger partial charge in [-0.05, 0) is 205 Å². The third kappa shape index (κ3) is 56.4. The summed E-state index contributed by atoms with van der Waals surface area (Å²) >= 11 is 0. The predicted molar refractivity (Wildman–Crippen MR) is 418 cm³/mol. The largest absolute Gasteiger partial charge is 0.462 e. The summed E-state index contributed by atoms with van der Waals surface area (Å²) in [6, 6.07) is 7.02. The number of rotatable bonds is 74. The minimum Gasteiger partial charge on any atom is -0.462 e. The van der Waals surface area contributed by atoms with E-state index in [4.69, 9.17) is 18.9 Å². The third-order valence-corrected chi connectivity index (χ3v) is 20.2. The fraction of sp³-hybridized carbons (Fsp3) is 0.860. The van der Waals surface area contributed by atoms with Gasteiger partial charge < -0.3 is 39.4 Å². The number of nitrogens with one attached hydrogen (secondary N) is 2. The SMILES string of the molecule is CCCCCCC(CC)OC(=O)CCCCCCCCN(CCCCCCCCC(=O)OC(CC)CCCCCC)CCCNC(=O)c1ccc(C(=O)NCCCN(CCCCCCCCC(=O)OC(CC)CCCCCC)CCCCCCCCC(=O)OC(CC)CCCCCC)cc1. The van der Waals surface area contributed by atoms with Gasteiger partial charge in [-0.1, -0.05) is 235 Å². The second kappa shape index (κ2) is 69.3. The summed E-state index contributed by atoms with van der Waals surface area (Å²) in [4.78, 5) is 82.2. The highest BCUT2D eigenvalue weighted by atomic mass is 16.6. The Morgan fingerprint density at radius 2 is 0.470 bits per heavy atom. The molecule has 0 aliphatic rings.